The smallest absolute Gasteiger partial charge is 0.246 e. The molecule has 0 heterocycles. The van der Waals surface area contributed by atoms with Crippen molar-refractivity contribution in [3.63, 3.8) is 0 Å². The van der Waals surface area contributed by atoms with Gasteiger partial charge in [0.25, 0.3) is 0 Å². The molecule has 0 aliphatic heterocycles. The number of rotatable bonds is 4. The van der Waals surface area contributed by atoms with E-state index in [4.69, 9.17) is 16.7 Å². The van der Waals surface area contributed by atoms with Gasteiger partial charge in [-0.15, -0.1) is 11.6 Å². The minimum atomic E-state index is -3.87. The van der Waals surface area contributed by atoms with Crippen molar-refractivity contribution in [1.29, 1.82) is 0 Å². The van der Waals surface area contributed by atoms with Crippen molar-refractivity contribution in [2.75, 3.05) is 9.93 Å². The summed E-state index contributed by atoms with van der Waals surface area (Å²) in [6, 6.07) is 3.89. The van der Waals surface area contributed by atoms with Crippen LogP contribution in [-0.2, 0) is 20.0 Å². The van der Waals surface area contributed by atoms with Crippen molar-refractivity contribution in [2.45, 2.75) is 11.8 Å². The molecule has 0 unspecified atom stereocenters. The molecule has 17 heavy (non-hydrogen) atoms. The lowest BCUT2D eigenvalue weighted by Gasteiger charge is -2.09. The maximum Gasteiger partial charge on any atom is 0.246 e. The van der Waals surface area contributed by atoms with E-state index in [0.717, 1.165) is 6.07 Å². The first-order chi connectivity index (χ1) is 7.65. The van der Waals surface area contributed by atoms with Gasteiger partial charge in [0.1, 0.15) is 5.21 Å². The fraction of sp³-hybridized carbons (Fsp3) is 0.250. The van der Waals surface area contributed by atoms with E-state index < -0.39 is 25.3 Å². The number of alkyl halides is 1. The van der Waals surface area contributed by atoms with Crippen LogP contribution in [-0.4, -0.2) is 22.0 Å². The Labute approximate surface area is 105 Å². The van der Waals surface area contributed by atoms with Gasteiger partial charge in [-0.05, 0) is 24.6 Å². The van der Waals surface area contributed by atoms with E-state index in [0.29, 0.717) is 5.56 Å². The predicted molar refractivity (Wildman–Crippen MR) is 65.8 cm³/mol. The van der Waals surface area contributed by atoms with Gasteiger partial charge in [-0.3, -0.25) is 4.72 Å². The molecule has 0 saturated carbocycles. The third-order valence-corrected chi connectivity index (χ3v) is 4.54. The minimum absolute atomic E-state index is 0.136. The highest BCUT2D eigenvalue weighted by Gasteiger charge is 2.14. The standard InChI is InChI=1S/C8H11ClN2O4S2/c1-6-2-3-7(17(10,14)15)4-8(6)11-16(12,13)5-9/h2-4,11H,5H2,1H3,(H2,10,14,15). The van der Waals surface area contributed by atoms with E-state index in [2.05, 4.69) is 4.72 Å². The highest BCUT2D eigenvalue weighted by Crippen LogP contribution is 2.20. The Balaban J connectivity index is 3.26. The Morgan fingerprint density at radius 3 is 2.35 bits per heavy atom. The Morgan fingerprint density at radius 2 is 1.88 bits per heavy atom. The van der Waals surface area contributed by atoms with Crippen LogP contribution in [0, 0.1) is 6.92 Å². The molecule has 1 rings (SSSR count). The van der Waals surface area contributed by atoms with Crippen LogP contribution in [0.2, 0.25) is 0 Å². The molecule has 0 fully saturated rings. The van der Waals surface area contributed by atoms with E-state index in [1.807, 2.05) is 0 Å². The van der Waals surface area contributed by atoms with E-state index in [-0.39, 0.29) is 10.6 Å². The van der Waals surface area contributed by atoms with E-state index in [1.54, 1.807) is 6.92 Å². The molecule has 0 atom stereocenters. The monoisotopic (exact) mass is 298 g/mol. The second kappa shape index (κ2) is 4.81. The van der Waals surface area contributed by atoms with Crippen LogP contribution in [0.5, 0.6) is 0 Å². The van der Waals surface area contributed by atoms with Crippen molar-refractivity contribution in [1.82, 2.24) is 0 Å². The molecule has 0 spiro atoms. The van der Waals surface area contributed by atoms with Crippen LogP contribution < -0.4 is 9.86 Å². The normalized spacial score (nSPS) is 12.4. The summed E-state index contributed by atoms with van der Waals surface area (Å²) in [5, 5.41) is 4.32. The topological polar surface area (TPSA) is 106 Å². The number of aryl methyl sites for hydroxylation is 1. The summed E-state index contributed by atoms with van der Waals surface area (Å²) in [7, 11) is -7.55. The van der Waals surface area contributed by atoms with E-state index >= 15 is 0 Å². The lowest BCUT2D eigenvalue weighted by atomic mass is 10.2. The van der Waals surface area contributed by atoms with Gasteiger partial charge in [-0.25, -0.2) is 22.0 Å². The van der Waals surface area contributed by atoms with E-state index in [1.165, 1.54) is 12.1 Å². The molecule has 9 heteroatoms. The van der Waals surface area contributed by atoms with Gasteiger partial charge in [0.15, 0.2) is 0 Å². The molecule has 0 aromatic heterocycles. The molecule has 0 aliphatic carbocycles. The summed E-state index contributed by atoms with van der Waals surface area (Å²) in [5.41, 5.74) is 0.697. The summed E-state index contributed by atoms with van der Waals surface area (Å²) in [4.78, 5) is -0.171. The molecule has 0 saturated heterocycles. The largest absolute Gasteiger partial charge is 0.282 e. The zero-order chi connectivity index (χ0) is 13.3. The summed E-state index contributed by atoms with van der Waals surface area (Å²) >= 11 is 5.23. The molecule has 3 N–H and O–H groups in total. The molecular formula is C8H11ClN2O4S2. The summed E-state index contributed by atoms with van der Waals surface area (Å²) in [6.07, 6.45) is 0. The third kappa shape index (κ3) is 3.84. The molecule has 0 radical (unpaired) electrons. The molecular weight excluding hydrogens is 288 g/mol. The summed E-state index contributed by atoms with van der Waals surface area (Å²) in [6.45, 7) is 1.62. The average molecular weight is 299 g/mol. The Morgan fingerprint density at radius 1 is 1.29 bits per heavy atom. The van der Waals surface area contributed by atoms with Crippen LogP contribution in [0.4, 0.5) is 5.69 Å². The first-order valence-electron chi connectivity index (χ1n) is 4.35. The van der Waals surface area contributed by atoms with Gasteiger partial charge in [0.2, 0.25) is 20.0 Å². The zero-order valence-corrected chi connectivity index (χ0v) is 11.2. The molecule has 6 nitrogen and oxygen atoms in total. The first kappa shape index (κ1) is 14.2. The van der Waals surface area contributed by atoms with E-state index in [9.17, 15) is 16.8 Å². The van der Waals surface area contributed by atoms with Crippen molar-refractivity contribution in [3.05, 3.63) is 23.8 Å². The van der Waals surface area contributed by atoms with Crippen LogP contribution in [0.25, 0.3) is 0 Å². The molecule has 0 amide bonds. The van der Waals surface area contributed by atoms with Gasteiger partial charge in [0.05, 0.1) is 10.6 Å². The Hall–Kier alpha value is -0.830. The number of anilines is 1. The Bertz CT molecular complexity index is 625. The number of sulfonamides is 2. The lowest BCUT2D eigenvalue weighted by Crippen LogP contribution is -2.16. The lowest BCUT2D eigenvalue weighted by molar-refractivity contribution is 0.597. The zero-order valence-electron chi connectivity index (χ0n) is 8.84. The van der Waals surface area contributed by atoms with Gasteiger partial charge in [-0.2, -0.15) is 0 Å². The van der Waals surface area contributed by atoms with Crippen molar-refractivity contribution < 1.29 is 16.8 Å². The highest BCUT2D eigenvalue weighted by molar-refractivity contribution is 7.93. The summed E-state index contributed by atoms with van der Waals surface area (Å²) < 4.78 is 46.9. The molecule has 1 aromatic rings. The number of primary sulfonamides is 1. The third-order valence-electron chi connectivity index (χ3n) is 1.95. The number of hydrogen-bond acceptors (Lipinski definition) is 4. The van der Waals surface area contributed by atoms with Crippen molar-refractivity contribution >= 4 is 37.3 Å². The summed E-state index contributed by atoms with van der Waals surface area (Å²) in [5.74, 6) is 0. The Kier molecular flexibility index (Phi) is 4.03. The highest BCUT2D eigenvalue weighted by atomic mass is 35.5. The maximum absolute atomic E-state index is 11.3. The second-order valence-corrected chi connectivity index (χ2v) is 7.22. The number of nitrogens with one attached hydrogen (secondary N) is 1. The van der Waals surface area contributed by atoms with Crippen LogP contribution >= 0.6 is 11.6 Å². The van der Waals surface area contributed by atoms with Gasteiger partial charge in [-0.1, -0.05) is 6.07 Å². The molecule has 1 aromatic carbocycles. The average Bonchev–Trinajstić information content (AvgIpc) is 2.19. The van der Waals surface area contributed by atoms with Gasteiger partial charge >= 0.3 is 0 Å². The van der Waals surface area contributed by atoms with Crippen LogP contribution in [0.15, 0.2) is 23.1 Å². The van der Waals surface area contributed by atoms with Crippen molar-refractivity contribution in [2.24, 2.45) is 5.14 Å². The molecule has 96 valence electrons. The molecule has 0 aliphatic rings. The van der Waals surface area contributed by atoms with Crippen molar-refractivity contribution in [3.8, 4) is 0 Å². The fourth-order valence-electron chi connectivity index (χ4n) is 1.08. The number of nitrogens with two attached hydrogens (primary N) is 1. The predicted octanol–water partition coefficient (Wildman–Crippen LogP) is 0.580. The molecule has 0 bridgehead atoms. The first-order valence-corrected chi connectivity index (χ1v) is 8.09. The number of halogens is 1. The van der Waals surface area contributed by atoms with Gasteiger partial charge in [0, 0.05) is 0 Å². The van der Waals surface area contributed by atoms with Crippen LogP contribution in [0.1, 0.15) is 5.56 Å². The van der Waals surface area contributed by atoms with Gasteiger partial charge < -0.3 is 0 Å². The second-order valence-electron chi connectivity index (χ2n) is 3.35. The fourth-order valence-corrected chi connectivity index (χ4v) is 2.40. The quantitative estimate of drug-likeness (QED) is 0.793. The SMILES string of the molecule is Cc1ccc(S(N)(=O)=O)cc1NS(=O)(=O)CCl. The number of hydrogen-bond donors (Lipinski definition) is 2. The minimum Gasteiger partial charge on any atom is -0.282 e. The van der Waals surface area contributed by atoms with Crippen LogP contribution in [0.3, 0.4) is 0 Å². The number of benzene rings is 1. The maximum atomic E-state index is 11.3.